The van der Waals surface area contributed by atoms with Crippen LogP contribution in [0.1, 0.15) is 5.69 Å². The molecule has 0 unspecified atom stereocenters. The van der Waals surface area contributed by atoms with Gasteiger partial charge >= 0.3 is 0 Å². The van der Waals surface area contributed by atoms with Crippen molar-refractivity contribution in [1.82, 2.24) is 19.9 Å². The van der Waals surface area contributed by atoms with Crippen LogP contribution in [0.2, 0.25) is 0 Å². The number of nitrogens with zero attached hydrogens (tertiary/aromatic N) is 3. The third kappa shape index (κ3) is 0.778. The lowest BCUT2D eigenvalue weighted by atomic mass is 10.4. The van der Waals surface area contributed by atoms with Gasteiger partial charge in [-0.15, -0.1) is 0 Å². The van der Waals surface area contributed by atoms with Crippen molar-refractivity contribution in [1.29, 1.82) is 0 Å². The zero-order chi connectivity index (χ0) is 7.68. The molecule has 2 rings (SSSR count). The predicted molar refractivity (Wildman–Crippen MR) is 36.5 cm³/mol. The maximum Gasteiger partial charge on any atom is 0.255 e. The van der Waals surface area contributed by atoms with Gasteiger partial charge in [-0.05, 0) is 0 Å². The first-order valence-corrected chi connectivity index (χ1v) is 2.94. The van der Waals surface area contributed by atoms with Gasteiger partial charge in [-0.2, -0.15) is 0 Å². The zero-order valence-electron chi connectivity index (χ0n) is 5.40. The average molecular weight is 147 g/mol. The summed E-state index contributed by atoms with van der Waals surface area (Å²) in [6, 6.07) is 0. The second-order valence-electron chi connectivity index (χ2n) is 1.92. The van der Waals surface area contributed by atoms with Crippen LogP contribution in [0.15, 0.2) is 12.7 Å². The summed E-state index contributed by atoms with van der Waals surface area (Å²) in [7, 11) is 0. The van der Waals surface area contributed by atoms with Crippen molar-refractivity contribution in [3.05, 3.63) is 18.3 Å². The van der Waals surface area contributed by atoms with E-state index in [0.717, 1.165) is 0 Å². The molecule has 0 amide bonds. The quantitative estimate of drug-likeness (QED) is 0.606. The van der Waals surface area contributed by atoms with E-state index in [1.54, 1.807) is 6.29 Å². The van der Waals surface area contributed by atoms with Crippen LogP contribution in [0.3, 0.4) is 0 Å². The Labute approximate surface area is 61.5 Å². The minimum absolute atomic E-state index is 0.191. The first-order valence-electron chi connectivity index (χ1n) is 2.94. The number of fused-ring (bicyclic) bond motifs is 1. The largest absolute Gasteiger partial charge is 0.329 e. The van der Waals surface area contributed by atoms with Gasteiger partial charge in [-0.3, -0.25) is 4.79 Å². The van der Waals surface area contributed by atoms with Crippen LogP contribution in [0.25, 0.3) is 11.2 Å². The van der Waals surface area contributed by atoms with Crippen LogP contribution >= 0.6 is 0 Å². The first-order chi connectivity index (χ1) is 5.42. The molecule has 0 saturated carbocycles. The highest BCUT2D eigenvalue weighted by molar-refractivity contribution is 5.89. The first kappa shape index (κ1) is 5.96. The van der Waals surface area contributed by atoms with E-state index >= 15 is 0 Å². The highest BCUT2D eigenvalue weighted by atomic mass is 16.1. The molecule has 1 N–H and O–H groups in total. The van der Waals surface area contributed by atoms with E-state index in [9.17, 15) is 4.79 Å². The van der Waals surface area contributed by atoms with Crippen LogP contribution in [0.4, 0.5) is 0 Å². The number of carbonyl (C=O) groups excluding carboxylic acids is 1. The Bertz CT molecular complexity index is 394. The fourth-order valence-corrected chi connectivity index (χ4v) is 0.839. The molecule has 1 radical (unpaired) electrons. The van der Waals surface area contributed by atoms with Gasteiger partial charge in [0.2, 0.25) is 0 Å². The van der Waals surface area contributed by atoms with Crippen LogP contribution in [0, 0.1) is 0 Å². The van der Waals surface area contributed by atoms with Crippen LogP contribution < -0.4 is 0 Å². The molecule has 0 aliphatic rings. The van der Waals surface area contributed by atoms with Gasteiger partial charge in [0.25, 0.3) is 6.29 Å². The SMILES string of the molecule is O=[C]c1ncnc2[nH]cnc12. The van der Waals surface area contributed by atoms with Crippen molar-refractivity contribution in [2.75, 3.05) is 0 Å². The molecule has 0 aliphatic heterocycles. The third-order valence-corrected chi connectivity index (χ3v) is 1.31. The standard InChI is InChI=1S/C6H3N4O/c11-1-4-5-6(9-2-7-4)10-3-8-5/h2-3H,(H,7,8,9,10). The van der Waals surface area contributed by atoms with Crippen molar-refractivity contribution in [3.63, 3.8) is 0 Å². The summed E-state index contributed by atoms with van der Waals surface area (Å²) < 4.78 is 0. The van der Waals surface area contributed by atoms with Gasteiger partial charge < -0.3 is 4.98 Å². The Morgan fingerprint density at radius 1 is 1.36 bits per heavy atom. The van der Waals surface area contributed by atoms with Crippen LogP contribution in [-0.2, 0) is 4.79 Å². The predicted octanol–water partition coefficient (Wildman–Crippen LogP) is -0.189. The Morgan fingerprint density at radius 2 is 2.27 bits per heavy atom. The van der Waals surface area contributed by atoms with E-state index in [1.165, 1.54) is 12.7 Å². The third-order valence-electron chi connectivity index (χ3n) is 1.31. The molecule has 11 heavy (non-hydrogen) atoms. The maximum absolute atomic E-state index is 10.2. The fourth-order valence-electron chi connectivity index (χ4n) is 0.839. The lowest BCUT2D eigenvalue weighted by molar-refractivity contribution is 0.561. The molecular formula is C6H3N4O. The molecule has 2 heterocycles. The fraction of sp³-hybridized carbons (Fsp3) is 0. The minimum atomic E-state index is 0.191. The topological polar surface area (TPSA) is 71.5 Å². The minimum Gasteiger partial charge on any atom is -0.329 e. The summed E-state index contributed by atoms with van der Waals surface area (Å²) in [5.41, 5.74) is 1.21. The van der Waals surface area contributed by atoms with Crippen molar-refractivity contribution in [2.45, 2.75) is 0 Å². The molecule has 0 bridgehead atoms. The highest BCUT2D eigenvalue weighted by Crippen LogP contribution is 2.05. The lowest BCUT2D eigenvalue weighted by Gasteiger charge is -1.87. The number of hydrogen-bond donors (Lipinski definition) is 1. The molecule has 53 valence electrons. The number of imidazole rings is 1. The van der Waals surface area contributed by atoms with E-state index in [-0.39, 0.29) is 5.69 Å². The molecule has 0 aromatic carbocycles. The molecule has 0 atom stereocenters. The van der Waals surface area contributed by atoms with Gasteiger partial charge in [0.1, 0.15) is 17.5 Å². The number of aromatic nitrogens is 4. The molecular weight excluding hydrogens is 144 g/mol. The summed E-state index contributed by atoms with van der Waals surface area (Å²) in [6.07, 6.45) is 4.42. The Kier molecular flexibility index (Phi) is 1.15. The zero-order valence-corrected chi connectivity index (χ0v) is 5.40. The van der Waals surface area contributed by atoms with Crippen LogP contribution in [-0.4, -0.2) is 26.2 Å². The second kappa shape index (κ2) is 2.12. The van der Waals surface area contributed by atoms with E-state index < -0.39 is 0 Å². The summed E-state index contributed by atoms with van der Waals surface area (Å²) in [5, 5.41) is 0. The van der Waals surface area contributed by atoms with Gasteiger partial charge in [0.15, 0.2) is 5.65 Å². The smallest absolute Gasteiger partial charge is 0.255 e. The normalized spacial score (nSPS) is 10.2. The number of rotatable bonds is 1. The highest BCUT2D eigenvalue weighted by Gasteiger charge is 2.03. The Hall–Kier alpha value is -1.78. The summed E-state index contributed by atoms with van der Waals surface area (Å²) in [5.74, 6) is 0. The number of nitrogens with one attached hydrogen (secondary N) is 1. The van der Waals surface area contributed by atoms with E-state index in [2.05, 4.69) is 19.9 Å². The summed E-state index contributed by atoms with van der Waals surface area (Å²) in [4.78, 5) is 24.4. The molecule has 2 aromatic heterocycles. The summed E-state index contributed by atoms with van der Waals surface area (Å²) in [6.45, 7) is 0. The van der Waals surface area contributed by atoms with E-state index in [4.69, 9.17) is 0 Å². The lowest BCUT2D eigenvalue weighted by Crippen LogP contribution is -1.90. The van der Waals surface area contributed by atoms with Crippen molar-refractivity contribution >= 4 is 17.5 Å². The van der Waals surface area contributed by atoms with Crippen molar-refractivity contribution < 1.29 is 4.79 Å². The molecule has 0 aliphatic carbocycles. The van der Waals surface area contributed by atoms with E-state index in [1.807, 2.05) is 0 Å². The number of H-pyrrole nitrogens is 1. The summed E-state index contributed by atoms with van der Waals surface area (Å²) >= 11 is 0. The molecule has 0 saturated heterocycles. The average Bonchev–Trinajstić information content (AvgIpc) is 2.50. The van der Waals surface area contributed by atoms with Crippen LogP contribution in [0.5, 0.6) is 0 Å². The van der Waals surface area contributed by atoms with Gasteiger partial charge in [-0.25, -0.2) is 15.0 Å². The molecule has 5 nitrogen and oxygen atoms in total. The molecule has 0 spiro atoms. The monoisotopic (exact) mass is 147 g/mol. The number of hydrogen-bond acceptors (Lipinski definition) is 4. The Balaban J connectivity index is 2.88. The van der Waals surface area contributed by atoms with E-state index in [0.29, 0.717) is 11.2 Å². The second-order valence-corrected chi connectivity index (χ2v) is 1.92. The van der Waals surface area contributed by atoms with Gasteiger partial charge in [-0.1, -0.05) is 0 Å². The number of aromatic amines is 1. The maximum atomic E-state index is 10.2. The van der Waals surface area contributed by atoms with Crippen molar-refractivity contribution in [2.24, 2.45) is 0 Å². The van der Waals surface area contributed by atoms with Gasteiger partial charge in [0, 0.05) is 0 Å². The Morgan fingerprint density at radius 3 is 3.09 bits per heavy atom. The molecule has 2 aromatic rings. The van der Waals surface area contributed by atoms with Gasteiger partial charge in [0.05, 0.1) is 6.33 Å². The van der Waals surface area contributed by atoms with Crippen molar-refractivity contribution in [3.8, 4) is 0 Å². The molecule has 5 heteroatoms. The molecule has 0 fully saturated rings.